The van der Waals surface area contributed by atoms with Gasteiger partial charge in [0.1, 0.15) is 0 Å². The van der Waals surface area contributed by atoms with Crippen LogP contribution >= 0.6 is 0 Å². The van der Waals surface area contributed by atoms with Gasteiger partial charge in [-0.15, -0.1) is 0 Å². The molecule has 0 spiro atoms. The molecule has 2 unspecified atom stereocenters. The summed E-state index contributed by atoms with van der Waals surface area (Å²) >= 11 is 0. The van der Waals surface area contributed by atoms with Crippen molar-refractivity contribution in [3.05, 3.63) is 48.3 Å². The van der Waals surface area contributed by atoms with Crippen molar-refractivity contribution in [2.24, 2.45) is 11.3 Å². The molecule has 1 N–H and O–H groups in total. The van der Waals surface area contributed by atoms with E-state index in [0.29, 0.717) is 11.5 Å². The summed E-state index contributed by atoms with van der Waals surface area (Å²) in [6.07, 6.45) is 6.38. The number of benzene rings is 1. The van der Waals surface area contributed by atoms with Crippen LogP contribution in [0.3, 0.4) is 0 Å². The first-order valence-corrected chi connectivity index (χ1v) is 7.85. The molecule has 1 saturated carbocycles. The summed E-state index contributed by atoms with van der Waals surface area (Å²) in [7, 11) is 0. The van der Waals surface area contributed by atoms with E-state index < -0.39 is 0 Å². The smallest absolute Gasteiger partial charge is 0.0679 e. The molecule has 112 valence electrons. The van der Waals surface area contributed by atoms with Gasteiger partial charge in [-0.2, -0.15) is 5.10 Å². The van der Waals surface area contributed by atoms with E-state index in [-0.39, 0.29) is 0 Å². The van der Waals surface area contributed by atoms with Gasteiger partial charge in [-0.05, 0) is 41.9 Å². The third kappa shape index (κ3) is 3.29. The predicted molar refractivity (Wildman–Crippen MR) is 87.4 cm³/mol. The molecule has 3 heteroatoms. The number of para-hydroxylation sites is 1. The van der Waals surface area contributed by atoms with Crippen molar-refractivity contribution in [2.45, 2.75) is 46.2 Å². The molecule has 1 fully saturated rings. The summed E-state index contributed by atoms with van der Waals surface area (Å²) in [5, 5.41) is 8.10. The van der Waals surface area contributed by atoms with Crippen LogP contribution in [0, 0.1) is 11.3 Å². The number of aromatic nitrogens is 2. The second kappa shape index (κ2) is 5.55. The monoisotopic (exact) mass is 283 g/mol. The lowest BCUT2D eigenvalue weighted by Crippen LogP contribution is -2.23. The van der Waals surface area contributed by atoms with Gasteiger partial charge in [0.05, 0.1) is 6.54 Å². The van der Waals surface area contributed by atoms with Gasteiger partial charge in [-0.25, -0.2) is 0 Å². The number of nitrogens with one attached hydrogen (secondary N) is 1. The molecule has 2 atom stereocenters. The van der Waals surface area contributed by atoms with Crippen molar-refractivity contribution >= 4 is 5.69 Å². The van der Waals surface area contributed by atoms with E-state index in [9.17, 15) is 0 Å². The van der Waals surface area contributed by atoms with Gasteiger partial charge in [0.2, 0.25) is 0 Å². The van der Waals surface area contributed by atoms with Gasteiger partial charge >= 0.3 is 0 Å². The molecule has 0 saturated heterocycles. The molecule has 1 aromatic heterocycles. The minimum Gasteiger partial charge on any atom is -0.382 e. The summed E-state index contributed by atoms with van der Waals surface area (Å²) in [5.41, 5.74) is 3.01. The zero-order valence-corrected chi connectivity index (χ0v) is 13.2. The van der Waals surface area contributed by atoms with Crippen molar-refractivity contribution < 1.29 is 0 Å². The van der Waals surface area contributed by atoms with Crippen LogP contribution in [-0.2, 0) is 6.54 Å². The fourth-order valence-corrected chi connectivity index (χ4v) is 3.65. The molecule has 0 amide bonds. The summed E-state index contributed by atoms with van der Waals surface area (Å²) in [6, 6.07) is 11.1. The fraction of sp³-hybridized carbons (Fsp3) is 0.500. The van der Waals surface area contributed by atoms with Crippen molar-refractivity contribution in [2.75, 3.05) is 5.32 Å². The molecule has 1 aromatic carbocycles. The molecule has 0 aliphatic heterocycles. The Bertz CT molecular complexity index is 586. The van der Waals surface area contributed by atoms with Crippen LogP contribution < -0.4 is 5.32 Å². The van der Waals surface area contributed by atoms with Gasteiger partial charge in [-0.3, -0.25) is 4.68 Å². The Kier molecular flexibility index (Phi) is 3.75. The van der Waals surface area contributed by atoms with Gasteiger partial charge in [0.25, 0.3) is 0 Å². The van der Waals surface area contributed by atoms with E-state index in [0.717, 1.165) is 12.5 Å². The number of hydrogen-bond acceptors (Lipinski definition) is 2. The van der Waals surface area contributed by atoms with Crippen LogP contribution in [0.25, 0.3) is 0 Å². The Labute approximate surface area is 127 Å². The van der Waals surface area contributed by atoms with Crippen LogP contribution in [0.2, 0.25) is 0 Å². The molecule has 0 radical (unpaired) electrons. The van der Waals surface area contributed by atoms with Gasteiger partial charge in [0, 0.05) is 24.1 Å². The van der Waals surface area contributed by atoms with Crippen LogP contribution in [0.15, 0.2) is 42.7 Å². The summed E-state index contributed by atoms with van der Waals surface area (Å²) in [5.74, 6) is 0.720. The lowest BCUT2D eigenvalue weighted by molar-refractivity contribution is 0.366. The Hall–Kier alpha value is -1.77. The molecule has 0 bridgehead atoms. The number of hydrogen-bond donors (Lipinski definition) is 1. The van der Waals surface area contributed by atoms with Crippen LogP contribution in [0.1, 0.15) is 39.2 Å². The summed E-state index contributed by atoms with van der Waals surface area (Å²) in [4.78, 5) is 0. The van der Waals surface area contributed by atoms with Crippen LogP contribution in [0.4, 0.5) is 5.69 Å². The fourth-order valence-electron chi connectivity index (χ4n) is 3.65. The summed E-state index contributed by atoms with van der Waals surface area (Å²) in [6.45, 7) is 7.94. The maximum absolute atomic E-state index is 4.31. The average Bonchev–Trinajstić information content (AvgIpc) is 3.00. The Morgan fingerprint density at radius 1 is 1.24 bits per heavy atom. The van der Waals surface area contributed by atoms with Crippen molar-refractivity contribution in [1.29, 1.82) is 0 Å². The van der Waals surface area contributed by atoms with E-state index in [1.165, 1.54) is 24.1 Å². The average molecular weight is 283 g/mol. The first kappa shape index (κ1) is 14.2. The van der Waals surface area contributed by atoms with Crippen molar-refractivity contribution in [3.8, 4) is 0 Å². The second-order valence-electron chi connectivity index (χ2n) is 7.16. The third-order valence-electron chi connectivity index (χ3n) is 4.58. The molecular formula is C18H25N3. The number of nitrogens with zero attached hydrogens (tertiary/aromatic N) is 2. The van der Waals surface area contributed by atoms with E-state index in [1.54, 1.807) is 0 Å². The Morgan fingerprint density at radius 3 is 2.71 bits per heavy atom. The Morgan fingerprint density at radius 2 is 2.05 bits per heavy atom. The first-order chi connectivity index (χ1) is 10.0. The molecule has 1 heterocycles. The minimum absolute atomic E-state index is 0.452. The van der Waals surface area contributed by atoms with Crippen molar-refractivity contribution in [3.63, 3.8) is 0 Å². The minimum atomic E-state index is 0.452. The predicted octanol–water partition coefficient (Wildman–Crippen LogP) is 4.17. The molecule has 3 nitrogen and oxygen atoms in total. The van der Waals surface area contributed by atoms with Crippen LogP contribution in [0.5, 0.6) is 0 Å². The van der Waals surface area contributed by atoms with E-state index in [4.69, 9.17) is 0 Å². The molecule has 1 aliphatic carbocycles. The highest BCUT2D eigenvalue weighted by Crippen LogP contribution is 2.42. The van der Waals surface area contributed by atoms with Crippen LogP contribution in [-0.4, -0.2) is 15.8 Å². The summed E-state index contributed by atoms with van der Waals surface area (Å²) < 4.78 is 1.97. The zero-order valence-electron chi connectivity index (χ0n) is 13.2. The third-order valence-corrected chi connectivity index (χ3v) is 4.58. The molecule has 2 aromatic rings. The quantitative estimate of drug-likeness (QED) is 0.912. The Balaban J connectivity index is 1.77. The van der Waals surface area contributed by atoms with Gasteiger partial charge in [0.15, 0.2) is 0 Å². The van der Waals surface area contributed by atoms with Crippen molar-refractivity contribution in [1.82, 2.24) is 9.78 Å². The highest BCUT2D eigenvalue weighted by Gasteiger charge is 2.36. The lowest BCUT2D eigenvalue weighted by Gasteiger charge is -2.22. The highest BCUT2D eigenvalue weighted by atomic mass is 15.3. The van der Waals surface area contributed by atoms with E-state index in [2.05, 4.69) is 55.5 Å². The topological polar surface area (TPSA) is 29.9 Å². The second-order valence-corrected chi connectivity index (χ2v) is 7.16. The number of rotatable bonds is 4. The molecule has 21 heavy (non-hydrogen) atoms. The first-order valence-electron chi connectivity index (χ1n) is 7.85. The SMILES string of the molecule is CC1CC(C)(C)CC1Nc1ccccc1Cn1cccn1. The number of anilines is 1. The molecule has 1 aliphatic rings. The zero-order chi connectivity index (χ0) is 14.9. The van der Waals surface area contributed by atoms with Gasteiger partial charge < -0.3 is 5.32 Å². The van der Waals surface area contributed by atoms with Gasteiger partial charge in [-0.1, -0.05) is 39.0 Å². The maximum atomic E-state index is 4.31. The maximum Gasteiger partial charge on any atom is 0.0679 e. The molecular weight excluding hydrogens is 258 g/mol. The standard InChI is InChI=1S/C18H25N3/c1-14-11-18(2,3)12-17(14)20-16-8-5-4-7-15(16)13-21-10-6-9-19-21/h4-10,14,17,20H,11-13H2,1-3H3. The van der Waals surface area contributed by atoms with E-state index in [1.807, 2.05) is 23.1 Å². The van der Waals surface area contributed by atoms with E-state index >= 15 is 0 Å². The largest absolute Gasteiger partial charge is 0.382 e. The highest BCUT2D eigenvalue weighted by molar-refractivity contribution is 5.52. The normalized spacial score (nSPS) is 24.1. The molecule has 3 rings (SSSR count). The lowest BCUT2D eigenvalue weighted by atomic mass is 9.91.